The number of pyridine rings is 1. The maximum atomic E-state index is 11.9. The highest BCUT2D eigenvalue weighted by atomic mass is 35.5. The summed E-state index contributed by atoms with van der Waals surface area (Å²) in [7, 11) is 0. The van der Waals surface area contributed by atoms with Crippen molar-refractivity contribution in [3.63, 3.8) is 0 Å². The molecule has 0 aliphatic rings. The molecule has 1 aromatic carbocycles. The second-order valence-electron chi connectivity index (χ2n) is 4.68. The highest BCUT2D eigenvalue weighted by Crippen LogP contribution is 2.26. The number of hydrogen-bond donors (Lipinski definition) is 2. The van der Waals surface area contributed by atoms with Crippen molar-refractivity contribution in [2.24, 2.45) is 5.73 Å². The van der Waals surface area contributed by atoms with Crippen LogP contribution in [0.15, 0.2) is 30.5 Å². The van der Waals surface area contributed by atoms with E-state index in [1.165, 1.54) is 0 Å². The van der Waals surface area contributed by atoms with Crippen LogP contribution in [0, 0.1) is 0 Å². The van der Waals surface area contributed by atoms with Crippen molar-refractivity contribution in [1.82, 2.24) is 4.98 Å². The summed E-state index contributed by atoms with van der Waals surface area (Å²) in [5, 5.41) is 4.39. The van der Waals surface area contributed by atoms with Crippen molar-refractivity contribution < 1.29 is 4.79 Å². The average molecular weight is 292 g/mol. The van der Waals surface area contributed by atoms with Crippen LogP contribution in [0.1, 0.15) is 25.7 Å². The highest BCUT2D eigenvalue weighted by molar-refractivity contribution is 6.32. The summed E-state index contributed by atoms with van der Waals surface area (Å²) >= 11 is 6.06. The molecule has 4 nitrogen and oxygen atoms in total. The van der Waals surface area contributed by atoms with Gasteiger partial charge in [0.2, 0.25) is 5.91 Å². The molecular formula is C15H18ClN3O. The minimum Gasteiger partial charge on any atom is -0.330 e. The number of nitrogens with one attached hydrogen (secondary N) is 1. The van der Waals surface area contributed by atoms with Gasteiger partial charge >= 0.3 is 0 Å². The maximum Gasteiger partial charge on any atom is 0.224 e. The van der Waals surface area contributed by atoms with Gasteiger partial charge in [0.25, 0.3) is 0 Å². The van der Waals surface area contributed by atoms with E-state index in [1.54, 1.807) is 12.3 Å². The quantitative estimate of drug-likeness (QED) is 0.802. The van der Waals surface area contributed by atoms with Gasteiger partial charge < -0.3 is 11.1 Å². The second kappa shape index (κ2) is 7.22. The van der Waals surface area contributed by atoms with Crippen LogP contribution in [0.25, 0.3) is 10.9 Å². The van der Waals surface area contributed by atoms with Gasteiger partial charge in [-0.15, -0.1) is 0 Å². The first-order chi connectivity index (χ1) is 9.70. The number of amides is 1. The number of carbonyl (C=O) groups is 1. The third-order valence-electron chi connectivity index (χ3n) is 3.05. The smallest absolute Gasteiger partial charge is 0.224 e. The summed E-state index contributed by atoms with van der Waals surface area (Å²) < 4.78 is 0. The third kappa shape index (κ3) is 3.92. The molecule has 0 saturated heterocycles. The Morgan fingerprint density at radius 2 is 2.15 bits per heavy atom. The number of unbranched alkanes of at least 4 members (excludes halogenated alkanes) is 2. The Morgan fingerprint density at radius 3 is 2.95 bits per heavy atom. The first-order valence-electron chi connectivity index (χ1n) is 6.75. The predicted octanol–water partition coefficient (Wildman–Crippen LogP) is 3.35. The maximum absolute atomic E-state index is 11.9. The molecule has 20 heavy (non-hydrogen) atoms. The minimum atomic E-state index is -0.0174. The lowest BCUT2D eigenvalue weighted by Gasteiger charge is -2.08. The van der Waals surface area contributed by atoms with E-state index in [2.05, 4.69) is 10.3 Å². The zero-order valence-electron chi connectivity index (χ0n) is 11.2. The van der Waals surface area contributed by atoms with Crippen LogP contribution in [-0.2, 0) is 4.79 Å². The molecule has 0 bridgehead atoms. The van der Waals surface area contributed by atoms with E-state index in [1.807, 2.05) is 18.2 Å². The molecule has 0 aliphatic carbocycles. The lowest BCUT2D eigenvalue weighted by Crippen LogP contribution is -2.12. The Morgan fingerprint density at radius 1 is 1.30 bits per heavy atom. The Balaban J connectivity index is 2.07. The first-order valence-corrected chi connectivity index (χ1v) is 7.12. The molecule has 1 aromatic heterocycles. The first kappa shape index (κ1) is 14.8. The third-order valence-corrected chi connectivity index (χ3v) is 3.27. The summed E-state index contributed by atoms with van der Waals surface area (Å²) in [6, 6.07) is 7.33. The topological polar surface area (TPSA) is 68.0 Å². The van der Waals surface area contributed by atoms with Crippen LogP contribution in [0.4, 0.5) is 5.69 Å². The Kier molecular flexibility index (Phi) is 5.32. The van der Waals surface area contributed by atoms with Crippen LogP contribution in [0.5, 0.6) is 0 Å². The molecule has 1 amide bonds. The van der Waals surface area contributed by atoms with E-state index in [9.17, 15) is 4.79 Å². The molecule has 0 atom stereocenters. The predicted molar refractivity (Wildman–Crippen MR) is 82.9 cm³/mol. The van der Waals surface area contributed by atoms with E-state index in [0.717, 1.165) is 30.2 Å². The Bertz CT molecular complexity index is 601. The zero-order chi connectivity index (χ0) is 14.4. The monoisotopic (exact) mass is 291 g/mol. The molecule has 2 rings (SSSR count). The van der Waals surface area contributed by atoms with Crippen molar-refractivity contribution in [1.29, 1.82) is 0 Å². The number of nitrogens with zero attached hydrogens (tertiary/aromatic N) is 1. The molecular weight excluding hydrogens is 274 g/mol. The van der Waals surface area contributed by atoms with Gasteiger partial charge in [0, 0.05) is 23.0 Å². The summed E-state index contributed by atoms with van der Waals surface area (Å²) in [4.78, 5) is 16.2. The average Bonchev–Trinajstić information content (AvgIpc) is 2.43. The van der Waals surface area contributed by atoms with E-state index < -0.39 is 0 Å². The van der Waals surface area contributed by atoms with Gasteiger partial charge in [0.1, 0.15) is 0 Å². The molecule has 5 heteroatoms. The molecule has 0 saturated carbocycles. The molecule has 1 heterocycles. The van der Waals surface area contributed by atoms with Gasteiger partial charge in [-0.25, -0.2) is 0 Å². The van der Waals surface area contributed by atoms with E-state index in [0.29, 0.717) is 23.7 Å². The number of hydrogen-bond acceptors (Lipinski definition) is 3. The van der Waals surface area contributed by atoms with Crippen molar-refractivity contribution in [3.8, 4) is 0 Å². The van der Waals surface area contributed by atoms with Gasteiger partial charge in [0.15, 0.2) is 0 Å². The molecule has 0 fully saturated rings. The summed E-state index contributed by atoms with van der Waals surface area (Å²) in [5.41, 5.74) is 6.84. The fourth-order valence-electron chi connectivity index (χ4n) is 2.07. The van der Waals surface area contributed by atoms with Crippen LogP contribution < -0.4 is 11.1 Å². The summed E-state index contributed by atoms with van der Waals surface area (Å²) in [6.45, 7) is 0.671. The summed E-state index contributed by atoms with van der Waals surface area (Å²) in [6.07, 6.45) is 4.95. The number of halogens is 1. The minimum absolute atomic E-state index is 0.0174. The lowest BCUT2D eigenvalue weighted by atomic mass is 10.1. The fourth-order valence-corrected chi connectivity index (χ4v) is 2.30. The van der Waals surface area contributed by atoms with Crippen molar-refractivity contribution in [3.05, 3.63) is 35.5 Å². The van der Waals surface area contributed by atoms with E-state index >= 15 is 0 Å². The van der Waals surface area contributed by atoms with Gasteiger partial charge in [0.05, 0.1) is 11.2 Å². The number of carbonyl (C=O) groups excluding carboxylic acids is 1. The molecule has 0 spiro atoms. The SMILES string of the molecule is NCCCCCC(=O)Nc1cc(Cl)cc2cccnc12. The van der Waals surface area contributed by atoms with Gasteiger partial charge in [-0.2, -0.15) is 0 Å². The standard InChI is InChI=1S/C15H18ClN3O/c16-12-9-11-5-4-8-18-15(11)13(10-12)19-14(20)6-2-1-3-7-17/h4-5,8-10H,1-3,6-7,17H2,(H,19,20). The molecule has 0 radical (unpaired) electrons. The Labute approximate surface area is 123 Å². The second-order valence-corrected chi connectivity index (χ2v) is 5.11. The molecule has 3 N–H and O–H groups in total. The Hall–Kier alpha value is -1.65. The van der Waals surface area contributed by atoms with Crippen LogP contribution in [0.2, 0.25) is 5.02 Å². The van der Waals surface area contributed by atoms with Crippen molar-refractivity contribution >= 4 is 34.1 Å². The number of benzene rings is 1. The number of nitrogens with two attached hydrogens (primary N) is 1. The van der Waals surface area contributed by atoms with E-state index in [4.69, 9.17) is 17.3 Å². The zero-order valence-corrected chi connectivity index (χ0v) is 12.0. The van der Waals surface area contributed by atoms with Crippen molar-refractivity contribution in [2.75, 3.05) is 11.9 Å². The van der Waals surface area contributed by atoms with Crippen molar-refractivity contribution in [2.45, 2.75) is 25.7 Å². The number of fused-ring (bicyclic) bond motifs is 1. The van der Waals surface area contributed by atoms with Gasteiger partial charge in [-0.3, -0.25) is 9.78 Å². The van der Waals surface area contributed by atoms with Crippen LogP contribution in [-0.4, -0.2) is 17.4 Å². The van der Waals surface area contributed by atoms with Crippen LogP contribution >= 0.6 is 11.6 Å². The molecule has 0 unspecified atom stereocenters. The van der Waals surface area contributed by atoms with E-state index in [-0.39, 0.29) is 5.91 Å². The molecule has 106 valence electrons. The number of aromatic nitrogens is 1. The lowest BCUT2D eigenvalue weighted by molar-refractivity contribution is -0.116. The molecule has 0 aliphatic heterocycles. The van der Waals surface area contributed by atoms with Crippen LogP contribution in [0.3, 0.4) is 0 Å². The number of anilines is 1. The molecule has 2 aromatic rings. The van der Waals surface area contributed by atoms with Gasteiger partial charge in [-0.1, -0.05) is 24.1 Å². The normalized spacial score (nSPS) is 10.7. The van der Waals surface area contributed by atoms with Gasteiger partial charge in [-0.05, 0) is 37.6 Å². The largest absolute Gasteiger partial charge is 0.330 e. The fraction of sp³-hybridized carbons (Fsp3) is 0.333. The number of rotatable bonds is 6. The highest BCUT2D eigenvalue weighted by Gasteiger charge is 2.08. The summed E-state index contributed by atoms with van der Waals surface area (Å²) in [5.74, 6) is -0.0174.